The van der Waals surface area contributed by atoms with Gasteiger partial charge in [-0.05, 0) is 37.0 Å². The van der Waals surface area contributed by atoms with Crippen molar-refractivity contribution in [3.05, 3.63) is 34.9 Å². The van der Waals surface area contributed by atoms with E-state index in [4.69, 9.17) is 0 Å². The molecule has 5 heteroatoms. The van der Waals surface area contributed by atoms with Gasteiger partial charge in [-0.2, -0.15) is 4.98 Å². The van der Waals surface area contributed by atoms with Crippen molar-refractivity contribution < 1.29 is 0 Å². The summed E-state index contributed by atoms with van der Waals surface area (Å²) in [7, 11) is 3.83. The third kappa shape index (κ3) is 3.05. The van der Waals surface area contributed by atoms with Gasteiger partial charge in [-0.25, -0.2) is 5.10 Å². The Hall–Kier alpha value is -2.04. The Morgan fingerprint density at radius 2 is 2.11 bits per heavy atom. The molecule has 0 bridgehead atoms. The summed E-state index contributed by atoms with van der Waals surface area (Å²) < 4.78 is 0. The molecule has 0 saturated heterocycles. The highest BCUT2D eigenvalue weighted by atomic mass is 15.4. The van der Waals surface area contributed by atoms with Crippen LogP contribution in [0, 0.1) is 13.8 Å². The number of benzene rings is 1. The minimum absolute atomic E-state index is 0.689. The van der Waals surface area contributed by atoms with E-state index >= 15 is 0 Å². The summed E-state index contributed by atoms with van der Waals surface area (Å²) in [4.78, 5) is 6.38. The molecule has 0 aliphatic rings. The van der Waals surface area contributed by atoms with Gasteiger partial charge in [-0.15, -0.1) is 5.10 Å². The van der Waals surface area contributed by atoms with E-state index in [0.717, 1.165) is 18.9 Å². The monoisotopic (exact) mass is 259 g/mol. The lowest BCUT2D eigenvalue weighted by molar-refractivity contribution is 0.836. The third-order valence-corrected chi connectivity index (χ3v) is 3.49. The van der Waals surface area contributed by atoms with Crippen LogP contribution in [0.2, 0.25) is 0 Å². The average Bonchev–Trinajstić information content (AvgIpc) is 2.89. The summed E-state index contributed by atoms with van der Waals surface area (Å²) in [5.74, 6) is 1.41. The van der Waals surface area contributed by atoms with Crippen LogP contribution in [0.15, 0.2) is 18.2 Å². The number of hydrogen-bond acceptors (Lipinski definition) is 4. The molecular weight excluding hydrogens is 238 g/mol. The summed E-state index contributed by atoms with van der Waals surface area (Å²) in [6, 6.07) is 6.45. The van der Waals surface area contributed by atoms with E-state index < -0.39 is 0 Å². The van der Waals surface area contributed by atoms with Gasteiger partial charge < -0.3 is 10.2 Å². The van der Waals surface area contributed by atoms with Crippen molar-refractivity contribution in [2.75, 3.05) is 30.9 Å². The molecule has 0 saturated carbocycles. The highest BCUT2D eigenvalue weighted by Gasteiger charge is 2.08. The van der Waals surface area contributed by atoms with Crippen LogP contribution in [0.4, 0.5) is 11.9 Å². The Bertz CT molecular complexity index is 547. The first-order valence-electron chi connectivity index (χ1n) is 6.48. The zero-order valence-electron chi connectivity index (χ0n) is 12.0. The van der Waals surface area contributed by atoms with Gasteiger partial charge in [-0.1, -0.05) is 18.2 Å². The van der Waals surface area contributed by atoms with E-state index in [0.29, 0.717) is 5.95 Å². The molecule has 0 aliphatic carbocycles. The van der Waals surface area contributed by atoms with Crippen LogP contribution in [-0.4, -0.2) is 35.8 Å². The van der Waals surface area contributed by atoms with E-state index in [1.54, 1.807) is 0 Å². The fourth-order valence-electron chi connectivity index (χ4n) is 2.01. The molecule has 0 aliphatic heterocycles. The molecule has 0 spiro atoms. The van der Waals surface area contributed by atoms with Gasteiger partial charge in [0.25, 0.3) is 0 Å². The quantitative estimate of drug-likeness (QED) is 0.864. The van der Waals surface area contributed by atoms with Crippen LogP contribution in [0.1, 0.15) is 16.7 Å². The second kappa shape index (κ2) is 5.73. The lowest BCUT2D eigenvalue weighted by Crippen LogP contribution is -2.21. The van der Waals surface area contributed by atoms with Gasteiger partial charge in [0, 0.05) is 20.6 Å². The fourth-order valence-corrected chi connectivity index (χ4v) is 2.01. The van der Waals surface area contributed by atoms with Crippen molar-refractivity contribution in [1.29, 1.82) is 0 Å². The van der Waals surface area contributed by atoms with Gasteiger partial charge in [-0.3, -0.25) is 0 Å². The molecule has 5 nitrogen and oxygen atoms in total. The Morgan fingerprint density at radius 3 is 2.79 bits per heavy atom. The van der Waals surface area contributed by atoms with Gasteiger partial charge in [0.05, 0.1) is 0 Å². The normalized spacial score (nSPS) is 10.5. The molecule has 0 amide bonds. The molecule has 1 aromatic carbocycles. The number of aromatic amines is 1. The van der Waals surface area contributed by atoms with E-state index in [1.807, 2.05) is 14.1 Å². The number of nitrogens with zero attached hydrogens (tertiary/aromatic N) is 3. The molecule has 102 valence electrons. The molecule has 19 heavy (non-hydrogen) atoms. The average molecular weight is 259 g/mol. The Labute approximate surface area is 114 Å². The van der Waals surface area contributed by atoms with Crippen molar-refractivity contribution in [1.82, 2.24) is 15.2 Å². The topological polar surface area (TPSA) is 56.8 Å². The second-order valence-electron chi connectivity index (χ2n) is 4.76. The Balaban J connectivity index is 2.00. The molecule has 0 atom stereocenters. The zero-order valence-corrected chi connectivity index (χ0v) is 12.0. The number of hydrogen-bond donors (Lipinski definition) is 2. The molecule has 2 rings (SSSR count). The Morgan fingerprint density at radius 1 is 1.32 bits per heavy atom. The minimum Gasteiger partial charge on any atom is -0.358 e. The lowest BCUT2D eigenvalue weighted by Gasteiger charge is -2.16. The molecule has 2 aromatic rings. The van der Waals surface area contributed by atoms with Crippen molar-refractivity contribution in [2.45, 2.75) is 20.3 Å². The van der Waals surface area contributed by atoms with Gasteiger partial charge in [0.1, 0.15) is 0 Å². The maximum atomic E-state index is 4.33. The lowest BCUT2D eigenvalue weighted by atomic mass is 10.0. The number of nitrogens with one attached hydrogen (secondary N) is 2. The first-order chi connectivity index (χ1) is 9.11. The highest BCUT2D eigenvalue weighted by molar-refractivity contribution is 5.37. The smallest absolute Gasteiger partial charge is 0.246 e. The number of rotatable bonds is 5. The maximum absolute atomic E-state index is 4.33. The SMILES string of the molecule is CNc1nc(N(C)CCc2cccc(C)c2C)n[nH]1. The molecular formula is C14H21N5. The maximum Gasteiger partial charge on any atom is 0.246 e. The molecule has 0 unspecified atom stereocenters. The van der Waals surface area contributed by atoms with E-state index in [-0.39, 0.29) is 0 Å². The van der Waals surface area contributed by atoms with Crippen LogP contribution in [-0.2, 0) is 6.42 Å². The van der Waals surface area contributed by atoms with Crippen molar-refractivity contribution >= 4 is 11.9 Å². The first kappa shape index (κ1) is 13.4. The summed E-state index contributed by atoms with van der Waals surface area (Å²) in [6.45, 7) is 5.22. The summed E-state index contributed by atoms with van der Waals surface area (Å²) in [5, 5.41) is 9.94. The molecule has 2 N–H and O–H groups in total. The van der Waals surface area contributed by atoms with E-state index in [2.05, 4.69) is 57.4 Å². The molecule has 0 radical (unpaired) electrons. The molecule has 0 fully saturated rings. The number of anilines is 2. The zero-order chi connectivity index (χ0) is 13.8. The molecule has 1 aromatic heterocycles. The van der Waals surface area contributed by atoms with Gasteiger partial charge in [0.15, 0.2) is 0 Å². The van der Waals surface area contributed by atoms with Gasteiger partial charge >= 0.3 is 0 Å². The first-order valence-corrected chi connectivity index (χ1v) is 6.48. The Kier molecular flexibility index (Phi) is 4.04. The number of aryl methyl sites for hydroxylation is 1. The van der Waals surface area contributed by atoms with E-state index in [9.17, 15) is 0 Å². The van der Waals surface area contributed by atoms with Crippen LogP contribution >= 0.6 is 0 Å². The number of likely N-dealkylation sites (N-methyl/N-ethyl adjacent to an activating group) is 1. The van der Waals surface area contributed by atoms with Crippen molar-refractivity contribution in [2.24, 2.45) is 0 Å². The number of H-pyrrole nitrogens is 1. The van der Waals surface area contributed by atoms with Crippen molar-refractivity contribution in [3.63, 3.8) is 0 Å². The number of aromatic nitrogens is 3. The summed E-state index contributed by atoms with van der Waals surface area (Å²) >= 11 is 0. The highest BCUT2D eigenvalue weighted by Crippen LogP contribution is 2.14. The standard InChI is InChI=1S/C14H21N5/c1-10-6-5-7-12(11(10)2)8-9-19(4)14-16-13(15-3)17-18-14/h5-7H,8-9H2,1-4H3,(H2,15,16,17,18). The molecule has 1 heterocycles. The summed E-state index contributed by atoms with van der Waals surface area (Å²) in [6.07, 6.45) is 0.993. The van der Waals surface area contributed by atoms with Crippen molar-refractivity contribution in [3.8, 4) is 0 Å². The predicted molar refractivity (Wildman–Crippen MR) is 78.8 cm³/mol. The van der Waals surface area contributed by atoms with Crippen LogP contribution < -0.4 is 10.2 Å². The fraction of sp³-hybridized carbons (Fsp3) is 0.429. The predicted octanol–water partition coefficient (Wildman–Crippen LogP) is 2.14. The second-order valence-corrected chi connectivity index (χ2v) is 4.76. The minimum atomic E-state index is 0.689. The van der Waals surface area contributed by atoms with E-state index in [1.165, 1.54) is 16.7 Å². The van der Waals surface area contributed by atoms with Crippen LogP contribution in [0.3, 0.4) is 0 Å². The van der Waals surface area contributed by atoms with Gasteiger partial charge in [0.2, 0.25) is 11.9 Å². The summed E-state index contributed by atoms with van der Waals surface area (Å²) in [5.41, 5.74) is 4.11. The van der Waals surface area contributed by atoms with Crippen LogP contribution in [0.25, 0.3) is 0 Å². The van der Waals surface area contributed by atoms with Crippen LogP contribution in [0.5, 0.6) is 0 Å². The largest absolute Gasteiger partial charge is 0.358 e. The third-order valence-electron chi connectivity index (χ3n) is 3.49.